The predicted molar refractivity (Wildman–Crippen MR) is 95.8 cm³/mol. The van der Waals surface area contributed by atoms with Gasteiger partial charge in [-0.2, -0.15) is 8.42 Å². The maximum Gasteiger partial charge on any atom is 0.297 e. The third-order valence-corrected chi connectivity index (χ3v) is 6.05. The quantitative estimate of drug-likeness (QED) is 0.680. The van der Waals surface area contributed by atoms with E-state index in [0.717, 1.165) is 5.56 Å². The Hall–Kier alpha value is -2.42. The molecular formula is C17H15NO5S2. The second-order valence-corrected chi connectivity index (χ2v) is 8.60. The highest BCUT2D eigenvalue weighted by molar-refractivity contribution is 7.93. The molecule has 3 aromatic rings. The molecule has 0 aliphatic rings. The zero-order chi connectivity index (χ0) is 18.2. The number of benzene rings is 3. The molecule has 3 aromatic carbocycles. The van der Waals surface area contributed by atoms with Gasteiger partial charge < -0.3 is 0 Å². The summed E-state index contributed by atoms with van der Waals surface area (Å²) in [5.41, 5.74) is 0.685. The topological polar surface area (TPSA) is 101 Å². The van der Waals surface area contributed by atoms with Gasteiger partial charge in [-0.15, -0.1) is 0 Å². The van der Waals surface area contributed by atoms with E-state index in [1.165, 1.54) is 24.3 Å². The smallest absolute Gasteiger partial charge is 0.282 e. The number of hydrogen-bond acceptors (Lipinski definition) is 4. The van der Waals surface area contributed by atoms with Crippen LogP contribution < -0.4 is 4.72 Å². The van der Waals surface area contributed by atoms with Gasteiger partial charge in [0.25, 0.3) is 20.1 Å². The molecule has 0 aliphatic carbocycles. The molecule has 6 nitrogen and oxygen atoms in total. The highest BCUT2D eigenvalue weighted by Gasteiger charge is 2.23. The zero-order valence-corrected chi connectivity index (χ0v) is 14.8. The molecule has 25 heavy (non-hydrogen) atoms. The molecule has 0 bridgehead atoms. The molecule has 0 fully saturated rings. The summed E-state index contributed by atoms with van der Waals surface area (Å²) >= 11 is 0. The average Bonchev–Trinajstić information content (AvgIpc) is 2.53. The molecule has 130 valence electrons. The summed E-state index contributed by atoms with van der Waals surface area (Å²) in [6, 6.07) is 15.5. The lowest BCUT2D eigenvalue weighted by Crippen LogP contribution is -2.15. The van der Waals surface area contributed by atoms with Crippen molar-refractivity contribution in [3.63, 3.8) is 0 Å². The Bertz CT molecular complexity index is 1150. The fourth-order valence-electron chi connectivity index (χ4n) is 2.52. The first-order valence-electron chi connectivity index (χ1n) is 7.27. The van der Waals surface area contributed by atoms with Gasteiger partial charge in [-0.05, 0) is 30.5 Å². The molecule has 0 spiro atoms. The lowest BCUT2D eigenvalue weighted by Gasteiger charge is -2.13. The van der Waals surface area contributed by atoms with Gasteiger partial charge in [-0.1, -0.05) is 48.0 Å². The minimum atomic E-state index is -4.65. The molecule has 2 N–H and O–H groups in total. The molecule has 3 rings (SSSR count). The van der Waals surface area contributed by atoms with Crippen molar-refractivity contribution in [1.82, 2.24) is 0 Å². The van der Waals surface area contributed by atoms with Gasteiger partial charge in [0.05, 0.1) is 10.6 Å². The van der Waals surface area contributed by atoms with Crippen LogP contribution in [-0.4, -0.2) is 21.4 Å². The molecule has 0 radical (unpaired) electrons. The molecule has 0 unspecified atom stereocenters. The standard InChI is InChI=1S/C17H15NO5S2/c1-12-6-9-14(10-7-12)24(19,20)18-16-11-8-13-4-2-3-5-15(13)17(16)25(21,22)23/h2-11,18H,1H3,(H,21,22,23). The maximum absolute atomic E-state index is 12.5. The second kappa shape index (κ2) is 6.14. The first-order valence-corrected chi connectivity index (χ1v) is 10.2. The zero-order valence-electron chi connectivity index (χ0n) is 13.2. The molecule has 0 saturated heterocycles. The van der Waals surface area contributed by atoms with Crippen molar-refractivity contribution in [3.8, 4) is 0 Å². The molecule has 0 heterocycles. The summed E-state index contributed by atoms with van der Waals surface area (Å²) in [4.78, 5) is -0.478. The van der Waals surface area contributed by atoms with Crippen LogP contribution in [0, 0.1) is 6.92 Å². The number of hydrogen-bond donors (Lipinski definition) is 2. The lowest BCUT2D eigenvalue weighted by molar-refractivity contribution is 0.484. The van der Waals surface area contributed by atoms with Crippen molar-refractivity contribution in [2.45, 2.75) is 16.7 Å². The van der Waals surface area contributed by atoms with E-state index in [0.29, 0.717) is 5.39 Å². The Labute approximate surface area is 145 Å². The minimum Gasteiger partial charge on any atom is -0.282 e. The minimum absolute atomic E-state index is 0.00690. The molecule has 0 aliphatic heterocycles. The number of anilines is 1. The van der Waals surface area contributed by atoms with Gasteiger partial charge in [-0.25, -0.2) is 8.42 Å². The number of nitrogens with one attached hydrogen (secondary N) is 1. The fourth-order valence-corrected chi connectivity index (χ4v) is 4.52. The first kappa shape index (κ1) is 17.4. The van der Waals surface area contributed by atoms with E-state index in [4.69, 9.17) is 0 Å². The van der Waals surface area contributed by atoms with Crippen LogP contribution >= 0.6 is 0 Å². The van der Waals surface area contributed by atoms with E-state index in [1.54, 1.807) is 36.4 Å². The molecule has 8 heteroatoms. The summed E-state index contributed by atoms with van der Waals surface area (Å²) in [6.45, 7) is 1.82. The monoisotopic (exact) mass is 377 g/mol. The van der Waals surface area contributed by atoms with Crippen molar-refractivity contribution >= 4 is 36.6 Å². The summed E-state index contributed by atoms with van der Waals surface area (Å²) in [7, 11) is -8.66. The van der Waals surface area contributed by atoms with E-state index in [-0.39, 0.29) is 16.0 Å². The Balaban J connectivity index is 2.18. The van der Waals surface area contributed by atoms with Crippen molar-refractivity contribution < 1.29 is 21.4 Å². The molecular weight excluding hydrogens is 362 g/mol. The van der Waals surface area contributed by atoms with Gasteiger partial charge in [0.1, 0.15) is 4.90 Å². The number of sulfonamides is 1. The largest absolute Gasteiger partial charge is 0.297 e. The third-order valence-electron chi connectivity index (χ3n) is 3.71. The summed E-state index contributed by atoms with van der Waals surface area (Å²) < 4.78 is 60.7. The average molecular weight is 377 g/mol. The summed E-state index contributed by atoms with van der Waals surface area (Å²) in [6.07, 6.45) is 0. The lowest BCUT2D eigenvalue weighted by atomic mass is 10.1. The first-order chi connectivity index (χ1) is 11.7. The molecule has 0 aromatic heterocycles. The van der Waals surface area contributed by atoms with Gasteiger partial charge in [0, 0.05) is 5.39 Å². The Morgan fingerprint density at radius 3 is 2.12 bits per heavy atom. The van der Waals surface area contributed by atoms with Crippen LogP contribution in [0.2, 0.25) is 0 Å². The van der Waals surface area contributed by atoms with E-state index in [9.17, 15) is 21.4 Å². The fraction of sp³-hybridized carbons (Fsp3) is 0.0588. The van der Waals surface area contributed by atoms with Gasteiger partial charge >= 0.3 is 0 Å². The van der Waals surface area contributed by atoms with E-state index in [1.807, 2.05) is 6.92 Å². The SMILES string of the molecule is Cc1ccc(S(=O)(=O)Nc2ccc3ccccc3c2S(=O)(=O)O)cc1. The Kier molecular flexibility index (Phi) is 4.28. The van der Waals surface area contributed by atoms with Crippen LogP contribution in [0.3, 0.4) is 0 Å². The van der Waals surface area contributed by atoms with Crippen LogP contribution in [0.25, 0.3) is 10.8 Å². The van der Waals surface area contributed by atoms with Crippen LogP contribution in [0.4, 0.5) is 5.69 Å². The number of rotatable bonds is 4. The van der Waals surface area contributed by atoms with Crippen LogP contribution in [0.5, 0.6) is 0 Å². The number of aryl methyl sites for hydroxylation is 1. The van der Waals surface area contributed by atoms with Crippen LogP contribution in [-0.2, 0) is 20.1 Å². The molecule has 0 atom stereocenters. The van der Waals surface area contributed by atoms with E-state index < -0.39 is 25.0 Å². The number of fused-ring (bicyclic) bond motifs is 1. The van der Waals surface area contributed by atoms with Crippen LogP contribution in [0.1, 0.15) is 5.56 Å². The van der Waals surface area contributed by atoms with Gasteiger partial charge in [0.15, 0.2) is 0 Å². The summed E-state index contributed by atoms with van der Waals surface area (Å²) in [5.74, 6) is 0. The summed E-state index contributed by atoms with van der Waals surface area (Å²) in [5, 5.41) is 0.794. The normalized spacial score (nSPS) is 12.2. The molecule has 0 amide bonds. The van der Waals surface area contributed by atoms with Gasteiger partial charge in [0.2, 0.25) is 0 Å². The third kappa shape index (κ3) is 3.51. The second-order valence-electron chi connectivity index (χ2n) is 5.56. The Morgan fingerprint density at radius 1 is 0.840 bits per heavy atom. The highest BCUT2D eigenvalue weighted by atomic mass is 32.2. The van der Waals surface area contributed by atoms with Crippen molar-refractivity contribution in [2.24, 2.45) is 0 Å². The molecule has 0 saturated carbocycles. The van der Waals surface area contributed by atoms with Crippen molar-refractivity contribution in [3.05, 3.63) is 66.2 Å². The predicted octanol–water partition coefficient (Wildman–Crippen LogP) is 3.20. The Morgan fingerprint density at radius 2 is 1.48 bits per heavy atom. The van der Waals surface area contributed by atoms with Crippen molar-refractivity contribution in [1.29, 1.82) is 0 Å². The van der Waals surface area contributed by atoms with E-state index >= 15 is 0 Å². The van der Waals surface area contributed by atoms with Gasteiger partial charge in [-0.3, -0.25) is 9.27 Å². The van der Waals surface area contributed by atoms with Crippen molar-refractivity contribution in [2.75, 3.05) is 4.72 Å². The highest BCUT2D eigenvalue weighted by Crippen LogP contribution is 2.31. The maximum atomic E-state index is 12.5. The van der Waals surface area contributed by atoms with E-state index in [2.05, 4.69) is 4.72 Å². The van der Waals surface area contributed by atoms with Crippen LogP contribution in [0.15, 0.2) is 70.5 Å².